The molecule has 0 aliphatic carbocycles. The molecule has 3 atom stereocenters. The fourth-order valence-corrected chi connectivity index (χ4v) is 9.31. The number of aliphatic hydroxyl groups is 1. The fourth-order valence-electron chi connectivity index (χ4n) is 7.48. The number of aromatic amines is 1. The van der Waals surface area contributed by atoms with Crippen molar-refractivity contribution in [3.63, 3.8) is 0 Å². The second-order valence-electron chi connectivity index (χ2n) is 13.7. The van der Waals surface area contributed by atoms with Gasteiger partial charge in [-0.25, -0.2) is 8.42 Å². The van der Waals surface area contributed by atoms with Crippen LogP contribution in [0.5, 0.6) is 0 Å². The number of rotatable bonds is 10. The second-order valence-corrected chi connectivity index (χ2v) is 15.6. The van der Waals surface area contributed by atoms with Crippen molar-refractivity contribution in [2.45, 2.75) is 88.9 Å². The smallest absolute Gasteiger partial charge is 0.248 e. The largest absolute Gasteiger partial charge is 0.390 e. The van der Waals surface area contributed by atoms with E-state index in [1.807, 2.05) is 53.1 Å². The van der Waals surface area contributed by atoms with E-state index in [1.54, 1.807) is 15.4 Å². The molecular formula is C33H51N7O5S. The molecule has 3 N–H and O–H groups in total. The lowest BCUT2D eigenvalue weighted by atomic mass is 9.79. The van der Waals surface area contributed by atoms with Gasteiger partial charge in [0, 0.05) is 57.6 Å². The summed E-state index contributed by atoms with van der Waals surface area (Å²) in [7, 11) is -1.65. The summed E-state index contributed by atoms with van der Waals surface area (Å²) in [5, 5.41) is 20.9. The van der Waals surface area contributed by atoms with E-state index < -0.39 is 27.7 Å². The van der Waals surface area contributed by atoms with Crippen molar-refractivity contribution < 1.29 is 23.1 Å². The number of unbranched alkanes of at least 4 members (excludes halogenated alkanes) is 1. The minimum atomic E-state index is -3.65. The first-order valence-corrected chi connectivity index (χ1v) is 18.1. The monoisotopic (exact) mass is 657 g/mol. The highest BCUT2D eigenvalue weighted by Crippen LogP contribution is 2.40. The Morgan fingerprint density at radius 2 is 1.65 bits per heavy atom. The molecule has 0 radical (unpaired) electrons. The predicted molar refractivity (Wildman–Crippen MR) is 176 cm³/mol. The summed E-state index contributed by atoms with van der Waals surface area (Å²) in [6.07, 6.45) is 5.23. The molecule has 13 heteroatoms. The number of amides is 2. The van der Waals surface area contributed by atoms with Crippen LogP contribution < -0.4 is 5.32 Å². The van der Waals surface area contributed by atoms with Crippen LogP contribution in [0.15, 0.2) is 29.4 Å². The van der Waals surface area contributed by atoms with Crippen LogP contribution >= 0.6 is 0 Å². The third-order valence-corrected chi connectivity index (χ3v) is 12.4. The van der Waals surface area contributed by atoms with Crippen LogP contribution in [-0.2, 0) is 19.6 Å². The number of aliphatic hydroxyl groups excluding tert-OH is 1. The number of carbonyl (C=O) groups is 2. The minimum absolute atomic E-state index is 0.177. The molecule has 3 saturated heterocycles. The van der Waals surface area contributed by atoms with Crippen LogP contribution in [0, 0.1) is 19.8 Å². The van der Waals surface area contributed by atoms with Crippen molar-refractivity contribution in [3.05, 3.63) is 46.8 Å². The molecular weight excluding hydrogens is 606 g/mol. The van der Waals surface area contributed by atoms with Gasteiger partial charge in [-0.3, -0.25) is 19.6 Å². The van der Waals surface area contributed by atoms with Crippen molar-refractivity contribution in [1.29, 1.82) is 0 Å². The summed E-state index contributed by atoms with van der Waals surface area (Å²) in [6, 6.07) is 2.77. The summed E-state index contributed by atoms with van der Waals surface area (Å²) in [5.41, 5.74) is 2.32. The molecule has 0 saturated carbocycles. The highest BCUT2D eigenvalue weighted by Gasteiger charge is 2.55. The molecule has 0 bridgehead atoms. The van der Waals surface area contributed by atoms with Gasteiger partial charge in [-0.1, -0.05) is 39.3 Å². The number of aromatic nitrogens is 2. The normalized spacial score (nSPS) is 23.2. The van der Waals surface area contributed by atoms with Crippen molar-refractivity contribution in [2.24, 2.45) is 5.92 Å². The number of likely N-dealkylation sites (N-methyl/N-ethyl adjacent to an activating group) is 1. The lowest BCUT2D eigenvalue weighted by molar-refractivity contribution is -0.165. The molecule has 2 aromatic rings. The van der Waals surface area contributed by atoms with E-state index in [9.17, 15) is 23.1 Å². The number of benzene rings is 1. The number of hydrogen-bond acceptors (Lipinski definition) is 8. The van der Waals surface area contributed by atoms with E-state index >= 15 is 0 Å². The van der Waals surface area contributed by atoms with Crippen molar-refractivity contribution in [2.75, 3.05) is 52.9 Å². The Labute approximate surface area is 273 Å². The molecule has 3 aliphatic heterocycles. The van der Waals surface area contributed by atoms with Gasteiger partial charge in [0.05, 0.1) is 23.2 Å². The highest BCUT2D eigenvalue weighted by atomic mass is 32.2. The Bertz CT molecular complexity index is 1470. The Balaban J connectivity index is 1.43. The van der Waals surface area contributed by atoms with Gasteiger partial charge in [0.15, 0.2) is 0 Å². The predicted octanol–water partition coefficient (Wildman–Crippen LogP) is 2.03. The molecule has 254 valence electrons. The molecule has 5 rings (SSSR count). The van der Waals surface area contributed by atoms with Gasteiger partial charge in [0.2, 0.25) is 21.8 Å². The van der Waals surface area contributed by atoms with Gasteiger partial charge in [0.25, 0.3) is 0 Å². The van der Waals surface area contributed by atoms with Gasteiger partial charge < -0.3 is 20.2 Å². The van der Waals surface area contributed by atoms with E-state index in [4.69, 9.17) is 0 Å². The number of hydrogen-bond donors (Lipinski definition) is 3. The molecule has 1 unspecified atom stereocenters. The number of sulfonamides is 1. The standard InChI is InChI=1S/C33H51N7O5S/c1-7-8-11-40-31(42)27(29(41)22(2)3)36-32(43)33(40)9-12-38(13-10-33)28(26-20-34-35-21-26)25-18-23(4)30(24(5)19-25)46(44,45)39-16-14-37(6)15-17-39/h18-22,27-29,41H,7-17H2,1-6H3,(H,34,35)(H,36,43)/t27-,28?,29-/m1/s1. The maximum absolute atomic E-state index is 13.9. The van der Waals surface area contributed by atoms with Gasteiger partial charge in [0.1, 0.15) is 11.6 Å². The number of carbonyl (C=O) groups excluding carboxylic acids is 2. The van der Waals surface area contributed by atoms with E-state index in [-0.39, 0.29) is 23.8 Å². The zero-order valence-electron chi connectivity index (χ0n) is 28.1. The number of piperazine rings is 2. The van der Waals surface area contributed by atoms with Crippen LogP contribution in [0.1, 0.15) is 74.8 Å². The van der Waals surface area contributed by atoms with E-state index in [0.29, 0.717) is 74.7 Å². The van der Waals surface area contributed by atoms with Gasteiger partial charge in [-0.05, 0) is 62.8 Å². The van der Waals surface area contributed by atoms with Crippen LogP contribution in [0.25, 0.3) is 0 Å². The fraction of sp³-hybridized carbons (Fsp3) is 0.667. The quantitative estimate of drug-likeness (QED) is 0.353. The summed E-state index contributed by atoms with van der Waals surface area (Å²) in [5.74, 6) is -0.584. The Morgan fingerprint density at radius 1 is 1.02 bits per heavy atom. The number of H-pyrrole nitrogens is 1. The molecule has 12 nitrogen and oxygen atoms in total. The van der Waals surface area contributed by atoms with Crippen molar-refractivity contribution in [1.82, 2.24) is 34.5 Å². The second kappa shape index (κ2) is 13.7. The summed E-state index contributed by atoms with van der Waals surface area (Å²) >= 11 is 0. The Morgan fingerprint density at radius 3 is 2.20 bits per heavy atom. The number of nitrogens with one attached hydrogen (secondary N) is 2. The molecule has 4 heterocycles. The maximum Gasteiger partial charge on any atom is 0.248 e. The maximum atomic E-state index is 13.9. The zero-order chi connectivity index (χ0) is 33.4. The third-order valence-electron chi connectivity index (χ3n) is 10.2. The third kappa shape index (κ3) is 6.36. The van der Waals surface area contributed by atoms with Crippen molar-refractivity contribution >= 4 is 21.8 Å². The van der Waals surface area contributed by atoms with Crippen LogP contribution in [0.4, 0.5) is 0 Å². The first-order chi connectivity index (χ1) is 21.8. The molecule has 3 aliphatic rings. The molecule has 1 aromatic carbocycles. The van der Waals surface area contributed by atoms with Crippen LogP contribution in [0.3, 0.4) is 0 Å². The Hall–Kier alpha value is -2.84. The van der Waals surface area contributed by atoms with E-state index in [2.05, 4.69) is 32.2 Å². The molecule has 46 heavy (non-hydrogen) atoms. The molecule has 3 fully saturated rings. The number of nitrogens with zero attached hydrogens (tertiary/aromatic N) is 5. The molecule has 2 amide bonds. The zero-order valence-corrected chi connectivity index (χ0v) is 28.9. The van der Waals surface area contributed by atoms with E-state index in [1.165, 1.54) is 0 Å². The summed E-state index contributed by atoms with van der Waals surface area (Å²) in [4.78, 5) is 34.2. The molecule has 1 spiro atoms. The highest BCUT2D eigenvalue weighted by molar-refractivity contribution is 7.89. The topological polar surface area (TPSA) is 142 Å². The van der Waals surface area contributed by atoms with E-state index in [0.717, 1.165) is 24.0 Å². The van der Waals surface area contributed by atoms with Gasteiger partial charge in [-0.15, -0.1) is 0 Å². The van der Waals surface area contributed by atoms with Gasteiger partial charge >= 0.3 is 0 Å². The first kappa shape index (κ1) is 34.5. The number of likely N-dealkylation sites (tertiary alicyclic amines) is 1. The average Bonchev–Trinajstić information content (AvgIpc) is 3.54. The summed E-state index contributed by atoms with van der Waals surface area (Å²) in [6.45, 7) is 13.4. The first-order valence-electron chi connectivity index (χ1n) is 16.6. The summed E-state index contributed by atoms with van der Waals surface area (Å²) < 4.78 is 29.1. The minimum Gasteiger partial charge on any atom is -0.390 e. The van der Waals surface area contributed by atoms with Crippen LogP contribution in [0.2, 0.25) is 0 Å². The molecule has 1 aromatic heterocycles. The SMILES string of the molecule is CCCCN1C(=O)[C@@H]([C@H](O)C(C)C)NC(=O)C12CCN(C(c1cn[nH]c1)c1cc(C)c(S(=O)(=O)N3CCN(C)CC3)c(C)c1)CC2. The van der Waals surface area contributed by atoms with Crippen LogP contribution in [-0.4, -0.2) is 125 Å². The van der Waals surface area contributed by atoms with Gasteiger partial charge in [-0.2, -0.15) is 9.40 Å². The average molecular weight is 658 g/mol. The Kier molecular flexibility index (Phi) is 10.3. The lowest BCUT2D eigenvalue weighted by Crippen LogP contribution is -2.75. The van der Waals surface area contributed by atoms with Crippen molar-refractivity contribution in [3.8, 4) is 0 Å². The number of piperidine rings is 1. The lowest BCUT2D eigenvalue weighted by Gasteiger charge is -2.53. The number of aryl methyl sites for hydroxylation is 2.